The number of aromatic nitrogens is 1. The van der Waals surface area contributed by atoms with Gasteiger partial charge in [0.1, 0.15) is 17.7 Å². The Morgan fingerprint density at radius 3 is 2.58 bits per heavy atom. The van der Waals surface area contributed by atoms with Gasteiger partial charge in [-0.2, -0.15) is 0 Å². The molecule has 0 N–H and O–H groups in total. The first kappa shape index (κ1) is 20.3. The predicted molar refractivity (Wildman–Crippen MR) is 115 cm³/mol. The molecule has 0 unspecified atom stereocenters. The van der Waals surface area contributed by atoms with E-state index in [1.807, 2.05) is 17.0 Å². The van der Waals surface area contributed by atoms with Crippen LogP contribution in [0.2, 0.25) is 0 Å². The van der Waals surface area contributed by atoms with Gasteiger partial charge in [-0.1, -0.05) is 18.6 Å². The molecule has 2 fully saturated rings. The van der Waals surface area contributed by atoms with Crippen LogP contribution in [0.1, 0.15) is 55.5 Å². The molecule has 5 rings (SSSR count). The lowest BCUT2D eigenvalue weighted by Crippen LogP contribution is -2.45. The van der Waals surface area contributed by atoms with E-state index in [0.717, 1.165) is 67.6 Å². The summed E-state index contributed by atoms with van der Waals surface area (Å²) in [6.07, 6.45) is 5.87. The van der Waals surface area contributed by atoms with Crippen LogP contribution in [0.3, 0.4) is 0 Å². The summed E-state index contributed by atoms with van der Waals surface area (Å²) in [6.45, 7) is 1.33. The van der Waals surface area contributed by atoms with Gasteiger partial charge in [0.25, 0.3) is 5.91 Å². The second-order valence-electron chi connectivity index (χ2n) is 8.92. The van der Waals surface area contributed by atoms with Gasteiger partial charge in [-0.3, -0.25) is 14.6 Å². The molecule has 2 aliphatic heterocycles. The molecule has 162 valence electrons. The minimum atomic E-state index is -0.565. The minimum Gasteiger partial charge on any atom is -0.368 e. The van der Waals surface area contributed by atoms with Crippen molar-refractivity contribution in [3.8, 4) is 0 Å². The molecule has 0 radical (unpaired) electrons. The second-order valence-corrected chi connectivity index (χ2v) is 8.92. The monoisotopic (exact) mass is 422 g/mol. The highest BCUT2D eigenvalue weighted by Gasteiger charge is 2.46. The van der Waals surface area contributed by atoms with Crippen LogP contribution in [0.25, 0.3) is 0 Å². The molecule has 5 nitrogen and oxygen atoms in total. The summed E-state index contributed by atoms with van der Waals surface area (Å²) in [5, 5.41) is 0. The molecular formula is C25H27FN2O3. The van der Waals surface area contributed by atoms with E-state index in [-0.39, 0.29) is 30.0 Å². The maximum Gasteiger partial charge on any atom is 0.256 e. The van der Waals surface area contributed by atoms with E-state index >= 15 is 0 Å². The lowest BCUT2D eigenvalue weighted by Gasteiger charge is -2.41. The van der Waals surface area contributed by atoms with Gasteiger partial charge in [0.2, 0.25) is 0 Å². The van der Waals surface area contributed by atoms with Crippen molar-refractivity contribution in [2.24, 2.45) is 0 Å². The predicted octanol–water partition coefficient (Wildman–Crippen LogP) is 3.91. The van der Waals surface area contributed by atoms with Crippen LogP contribution in [0.4, 0.5) is 10.1 Å². The minimum absolute atomic E-state index is 0.0266. The molecule has 2 aromatic rings. The Labute approximate surface area is 181 Å². The van der Waals surface area contributed by atoms with Gasteiger partial charge in [0.05, 0.1) is 22.5 Å². The van der Waals surface area contributed by atoms with E-state index in [2.05, 4.69) is 0 Å². The Morgan fingerprint density at radius 1 is 1.10 bits per heavy atom. The second kappa shape index (κ2) is 8.15. The van der Waals surface area contributed by atoms with E-state index in [1.165, 1.54) is 12.1 Å². The topological polar surface area (TPSA) is 59.5 Å². The first-order chi connectivity index (χ1) is 15.1. The summed E-state index contributed by atoms with van der Waals surface area (Å²) in [6, 6.07) is 10.0. The smallest absolute Gasteiger partial charge is 0.256 e. The summed E-state index contributed by atoms with van der Waals surface area (Å²) >= 11 is 0. The molecule has 31 heavy (non-hydrogen) atoms. The van der Waals surface area contributed by atoms with E-state index in [0.29, 0.717) is 13.2 Å². The van der Waals surface area contributed by atoms with Crippen LogP contribution in [-0.4, -0.2) is 35.9 Å². The highest BCUT2D eigenvalue weighted by Crippen LogP contribution is 2.45. The van der Waals surface area contributed by atoms with Crippen molar-refractivity contribution in [2.45, 2.75) is 62.9 Å². The quantitative estimate of drug-likeness (QED) is 0.733. The number of halogens is 1. The van der Waals surface area contributed by atoms with Gasteiger partial charge in [0.15, 0.2) is 0 Å². The number of fused-ring (bicyclic) bond motifs is 1. The standard InChI is InChI=1S/C25H27FN2O3/c26-18-8-6-17(7-9-18)16-23(29)25(12-3-13-25)22-11-10-20-19(27-22)4-1-14-28(20)24(30)21-5-2-15-31-21/h6-11,21H,1-5,12-16H2/t21-/m1/s1. The molecule has 1 saturated heterocycles. The molecule has 6 heteroatoms. The summed E-state index contributed by atoms with van der Waals surface area (Å²) in [5.41, 5.74) is 2.83. The number of carbonyl (C=O) groups excluding carboxylic acids is 2. The Hall–Kier alpha value is -2.60. The lowest BCUT2D eigenvalue weighted by atomic mass is 9.62. The van der Waals surface area contributed by atoms with E-state index in [9.17, 15) is 14.0 Å². The Morgan fingerprint density at radius 2 is 1.90 bits per heavy atom. The number of carbonyl (C=O) groups is 2. The SMILES string of the molecule is O=C([C@H]1CCCO1)N1CCCc2nc(C3(C(=O)Cc4ccc(F)cc4)CCC3)ccc21. The maximum atomic E-state index is 13.3. The number of aryl methyl sites for hydroxylation is 1. The first-order valence-corrected chi connectivity index (χ1v) is 11.3. The fourth-order valence-electron chi connectivity index (χ4n) is 5.06. The van der Waals surface area contributed by atoms with Crippen molar-refractivity contribution in [3.05, 3.63) is 59.2 Å². The molecule has 1 aliphatic carbocycles. The van der Waals surface area contributed by atoms with Crippen LogP contribution >= 0.6 is 0 Å². The largest absolute Gasteiger partial charge is 0.368 e. The van der Waals surface area contributed by atoms with Gasteiger partial charge < -0.3 is 9.64 Å². The molecule has 1 saturated carbocycles. The Balaban J connectivity index is 1.40. The van der Waals surface area contributed by atoms with Gasteiger partial charge >= 0.3 is 0 Å². The average molecular weight is 423 g/mol. The van der Waals surface area contributed by atoms with Crippen molar-refractivity contribution in [1.82, 2.24) is 4.98 Å². The molecular weight excluding hydrogens is 395 g/mol. The zero-order valence-electron chi connectivity index (χ0n) is 17.6. The van der Waals surface area contributed by atoms with Crippen molar-refractivity contribution >= 4 is 17.4 Å². The number of amides is 1. The lowest BCUT2D eigenvalue weighted by molar-refractivity contribution is -0.128. The Kier molecular flexibility index (Phi) is 5.34. The van der Waals surface area contributed by atoms with Gasteiger partial charge in [-0.15, -0.1) is 0 Å². The third-order valence-corrected chi connectivity index (χ3v) is 7.02. The normalized spacial score (nSPS) is 22.0. The number of nitrogens with zero attached hydrogens (tertiary/aromatic N) is 2. The number of hydrogen-bond donors (Lipinski definition) is 0. The zero-order valence-corrected chi connectivity index (χ0v) is 17.6. The summed E-state index contributed by atoms with van der Waals surface area (Å²) in [5.74, 6) is -0.132. The fourth-order valence-corrected chi connectivity index (χ4v) is 5.06. The molecule has 0 spiro atoms. The van der Waals surface area contributed by atoms with Crippen molar-refractivity contribution in [3.63, 3.8) is 0 Å². The van der Waals surface area contributed by atoms with Crippen LogP contribution < -0.4 is 4.90 Å². The van der Waals surface area contributed by atoms with E-state index in [4.69, 9.17) is 9.72 Å². The van der Waals surface area contributed by atoms with Gasteiger partial charge in [0, 0.05) is 19.6 Å². The highest BCUT2D eigenvalue weighted by atomic mass is 19.1. The van der Waals surface area contributed by atoms with E-state index < -0.39 is 5.41 Å². The molecule has 0 bridgehead atoms. The summed E-state index contributed by atoms with van der Waals surface area (Å²) in [7, 11) is 0. The number of ether oxygens (including phenoxy) is 1. The third kappa shape index (κ3) is 3.67. The molecule has 1 atom stereocenters. The van der Waals surface area contributed by atoms with E-state index in [1.54, 1.807) is 12.1 Å². The summed E-state index contributed by atoms with van der Waals surface area (Å²) < 4.78 is 18.8. The van der Waals surface area contributed by atoms with Crippen LogP contribution in [0.5, 0.6) is 0 Å². The fraction of sp³-hybridized carbons (Fsp3) is 0.480. The molecule has 3 aliphatic rings. The highest BCUT2D eigenvalue weighted by molar-refractivity contribution is 5.98. The van der Waals surface area contributed by atoms with Gasteiger partial charge in [-0.25, -0.2) is 4.39 Å². The number of anilines is 1. The zero-order chi connectivity index (χ0) is 21.4. The maximum absolute atomic E-state index is 13.3. The van der Waals surface area contributed by atoms with Crippen molar-refractivity contribution in [2.75, 3.05) is 18.1 Å². The number of ketones is 1. The molecule has 1 aromatic heterocycles. The molecule has 1 amide bonds. The van der Waals surface area contributed by atoms with Crippen LogP contribution in [0, 0.1) is 5.82 Å². The van der Waals surface area contributed by atoms with Crippen LogP contribution in [-0.2, 0) is 32.6 Å². The first-order valence-electron chi connectivity index (χ1n) is 11.3. The summed E-state index contributed by atoms with van der Waals surface area (Å²) in [4.78, 5) is 33.0. The number of hydrogen-bond acceptors (Lipinski definition) is 4. The Bertz CT molecular complexity index is 994. The molecule has 1 aromatic carbocycles. The number of benzene rings is 1. The van der Waals surface area contributed by atoms with Crippen molar-refractivity contribution in [1.29, 1.82) is 0 Å². The third-order valence-electron chi connectivity index (χ3n) is 7.02. The number of rotatable bonds is 5. The number of Topliss-reactive ketones (excluding diaryl/α,β-unsaturated/α-hetero) is 1. The van der Waals surface area contributed by atoms with Crippen molar-refractivity contribution < 1.29 is 18.7 Å². The number of pyridine rings is 1. The van der Waals surface area contributed by atoms with Crippen LogP contribution in [0.15, 0.2) is 36.4 Å². The van der Waals surface area contributed by atoms with Gasteiger partial charge in [-0.05, 0) is 68.4 Å². The average Bonchev–Trinajstić information content (AvgIpc) is 3.28. The molecule has 3 heterocycles.